The molecule has 10 heteroatoms. The van der Waals surface area contributed by atoms with Crippen molar-refractivity contribution in [2.45, 2.75) is 38.0 Å². The van der Waals surface area contributed by atoms with Gasteiger partial charge in [-0.3, -0.25) is 4.79 Å². The van der Waals surface area contributed by atoms with Crippen molar-refractivity contribution in [3.8, 4) is 39.9 Å². The molecule has 228 valence electrons. The normalized spacial score (nSPS) is 18.7. The number of hydrogen-bond donors (Lipinski definition) is 2. The minimum atomic E-state index is -1.14. The van der Waals surface area contributed by atoms with Crippen LogP contribution in [0.2, 0.25) is 0 Å². The van der Waals surface area contributed by atoms with E-state index in [0.717, 1.165) is 45.6 Å². The van der Waals surface area contributed by atoms with Crippen molar-refractivity contribution < 1.29 is 23.8 Å². The number of carbonyl (C=O) groups is 1. The number of phenols is 1. The van der Waals surface area contributed by atoms with Gasteiger partial charge in [-0.2, -0.15) is 0 Å². The molecule has 5 aromatic rings. The number of ether oxygens (including phenoxy) is 2. The van der Waals surface area contributed by atoms with E-state index in [1.165, 1.54) is 17.7 Å². The molecule has 2 fully saturated rings. The summed E-state index contributed by atoms with van der Waals surface area (Å²) in [5, 5.41) is 11.5. The maximum absolute atomic E-state index is 14.3. The summed E-state index contributed by atoms with van der Waals surface area (Å²) >= 11 is 0. The van der Waals surface area contributed by atoms with Gasteiger partial charge in [0, 0.05) is 48.2 Å². The molecular weight excluding hydrogens is 561 g/mol. The van der Waals surface area contributed by atoms with Gasteiger partial charge in [0.25, 0.3) is 5.91 Å². The van der Waals surface area contributed by atoms with Gasteiger partial charge in [0.2, 0.25) is 0 Å². The standard InChI is InChI=1S/C34H36FN5O4/c1-38-31-26(11-22(14-30(31)43-2)34(42)39-17-23(35)15-24(36)18-39)37-33(38)28-13-21-10-9-20(12-27(21)40(28)16-19-7-8-19)25-5-4-6-29(41)32(25)44-3/h4-6,9-14,19,23-24,41H,7-8,15-18,36H2,1-3H3/t23-,24-/m1/s1. The van der Waals surface area contributed by atoms with E-state index < -0.39 is 12.2 Å². The number of nitrogens with two attached hydrogens (primary N) is 1. The number of halogens is 1. The highest BCUT2D eigenvalue weighted by Crippen LogP contribution is 2.41. The number of methoxy groups -OCH3 is 2. The number of aromatic hydroxyl groups is 1. The zero-order valence-corrected chi connectivity index (χ0v) is 25.1. The number of para-hydroxylation sites is 1. The maximum atomic E-state index is 14.3. The van der Waals surface area contributed by atoms with E-state index in [2.05, 4.69) is 22.8 Å². The zero-order chi connectivity index (χ0) is 30.7. The molecule has 0 bridgehead atoms. The predicted molar refractivity (Wildman–Crippen MR) is 168 cm³/mol. The van der Waals surface area contributed by atoms with Crippen molar-refractivity contribution >= 4 is 27.8 Å². The van der Waals surface area contributed by atoms with Gasteiger partial charge in [-0.15, -0.1) is 0 Å². The first-order valence-corrected chi connectivity index (χ1v) is 15.0. The molecule has 2 atom stereocenters. The van der Waals surface area contributed by atoms with Crippen LogP contribution in [0.1, 0.15) is 29.6 Å². The molecule has 0 spiro atoms. The van der Waals surface area contributed by atoms with E-state index in [1.54, 1.807) is 32.4 Å². The molecule has 9 nitrogen and oxygen atoms in total. The Labute approximate surface area is 254 Å². The van der Waals surface area contributed by atoms with Crippen LogP contribution in [0.25, 0.3) is 44.6 Å². The average Bonchev–Trinajstić information content (AvgIpc) is 3.68. The quantitative estimate of drug-likeness (QED) is 0.256. The number of rotatable bonds is 7. The molecule has 1 saturated carbocycles. The smallest absolute Gasteiger partial charge is 0.254 e. The molecule has 0 radical (unpaired) electrons. The number of benzene rings is 3. The lowest BCUT2D eigenvalue weighted by molar-refractivity contribution is 0.0606. The van der Waals surface area contributed by atoms with Crippen LogP contribution in [0.15, 0.2) is 54.6 Å². The summed E-state index contributed by atoms with van der Waals surface area (Å²) in [6, 6.07) is 16.9. The minimum absolute atomic E-state index is 0.0259. The monoisotopic (exact) mass is 597 g/mol. The van der Waals surface area contributed by atoms with Crippen molar-refractivity contribution in [2.75, 3.05) is 27.3 Å². The van der Waals surface area contributed by atoms with Crippen LogP contribution in [0.4, 0.5) is 4.39 Å². The van der Waals surface area contributed by atoms with Gasteiger partial charge in [0.1, 0.15) is 17.4 Å². The number of hydrogen-bond acceptors (Lipinski definition) is 6. The van der Waals surface area contributed by atoms with E-state index in [0.29, 0.717) is 35.0 Å². The molecule has 2 aliphatic rings. The summed E-state index contributed by atoms with van der Waals surface area (Å²) < 4.78 is 29.9. The van der Waals surface area contributed by atoms with Crippen molar-refractivity contribution in [1.82, 2.24) is 19.0 Å². The van der Waals surface area contributed by atoms with Crippen LogP contribution in [0.5, 0.6) is 17.2 Å². The van der Waals surface area contributed by atoms with E-state index in [4.69, 9.17) is 20.2 Å². The van der Waals surface area contributed by atoms with Crippen molar-refractivity contribution in [3.63, 3.8) is 0 Å². The molecular formula is C34H36FN5O4. The average molecular weight is 598 g/mol. The second-order valence-electron chi connectivity index (χ2n) is 12.1. The number of aromatic nitrogens is 3. The Morgan fingerprint density at radius 2 is 1.91 bits per heavy atom. The fourth-order valence-electron chi connectivity index (χ4n) is 6.57. The summed E-state index contributed by atoms with van der Waals surface area (Å²) in [4.78, 5) is 20.0. The van der Waals surface area contributed by atoms with Gasteiger partial charge in [0.15, 0.2) is 17.3 Å². The Morgan fingerprint density at radius 1 is 1.09 bits per heavy atom. The fraction of sp³-hybridized carbons (Fsp3) is 0.353. The molecule has 7 rings (SSSR count). The maximum Gasteiger partial charge on any atom is 0.254 e. The zero-order valence-electron chi connectivity index (χ0n) is 25.1. The van der Waals surface area contributed by atoms with E-state index in [9.17, 15) is 14.3 Å². The Balaban J connectivity index is 1.35. The third-order valence-corrected chi connectivity index (χ3v) is 8.90. The fourth-order valence-corrected chi connectivity index (χ4v) is 6.57. The van der Waals surface area contributed by atoms with E-state index in [-0.39, 0.29) is 24.6 Å². The Kier molecular flexibility index (Phi) is 6.96. The first kappa shape index (κ1) is 28.2. The van der Waals surface area contributed by atoms with Crippen LogP contribution < -0.4 is 15.2 Å². The number of imidazole rings is 1. The molecule has 1 aliphatic heterocycles. The van der Waals surface area contributed by atoms with Crippen LogP contribution in [0, 0.1) is 5.92 Å². The highest BCUT2D eigenvalue weighted by atomic mass is 19.1. The second-order valence-corrected chi connectivity index (χ2v) is 12.1. The molecule has 1 amide bonds. The molecule has 1 aliphatic carbocycles. The van der Waals surface area contributed by atoms with Crippen LogP contribution in [0.3, 0.4) is 0 Å². The molecule has 3 N–H and O–H groups in total. The third kappa shape index (κ3) is 4.83. The lowest BCUT2D eigenvalue weighted by atomic mass is 10.0. The Hall–Kier alpha value is -4.57. The number of amides is 1. The summed E-state index contributed by atoms with van der Waals surface area (Å²) in [5.74, 6) is 2.11. The second kappa shape index (κ2) is 10.9. The topological polar surface area (TPSA) is 108 Å². The number of piperidine rings is 1. The highest BCUT2D eigenvalue weighted by molar-refractivity contribution is 6.00. The first-order chi connectivity index (χ1) is 21.2. The molecule has 3 heterocycles. The lowest BCUT2D eigenvalue weighted by Gasteiger charge is -2.33. The Bertz CT molecular complexity index is 1900. The third-order valence-electron chi connectivity index (χ3n) is 8.90. The first-order valence-electron chi connectivity index (χ1n) is 15.0. The number of alkyl halides is 1. The number of aryl methyl sites for hydroxylation is 1. The predicted octanol–water partition coefficient (Wildman–Crippen LogP) is 5.51. The number of phenolic OH excluding ortho intramolecular Hbond substituents is 1. The number of fused-ring (bicyclic) bond motifs is 2. The summed E-state index contributed by atoms with van der Waals surface area (Å²) in [7, 11) is 5.09. The molecule has 44 heavy (non-hydrogen) atoms. The number of nitrogens with zero attached hydrogens (tertiary/aromatic N) is 4. The van der Waals surface area contributed by atoms with Crippen molar-refractivity contribution in [3.05, 3.63) is 60.2 Å². The molecule has 0 unspecified atom stereocenters. The summed E-state index contributed by atoms with van der Waals surface area (Å²) in [6.07, 6.45) is 1.48. The van der Waals surface area contributed by atoms with E-state index >= 15 is 0 Å². The number of likely N-dealkylation sites (tertiary alicyclic amines) is 1. The van der Waals surface area contributed by atoms with Crippen LogP contribution in [-0.2, 0) is 13.6 Å². The molecule has 2 aromatic heterocycles. The van der Waals surface area contributed by atoms with Crippen molar-refractivity contribution in [1.29, 1.82) is 0 Å². The SMILES string of the molecule is COc1c(O)cccc1-c1ccc2cc(-c3nc4cc(C(=O)N5C[C@H](N)C[C@@H](F)C5)cc(OC)c4n3C)n(CC3CC3)c2c1. The lowest BCUT2D eigenvalue weighted by Crippen LogP contribution is -2.50. The number of carbonyl (C=O) groups excluding carboxylic acids is 1. The summed E-state index contributed by atoms with van der Waals surface area (Å²) in [6.45, 7) is 1.19. The molecule has 1 saturated heterocycles. The Morgan fingerprint density at radius 3 is 2.64 bits per heavy atom. The van der Waals surface area contributed by atoms with Crippen molar-refractivity contribution in [2.24, 2.45) is 18.7 Å². The highest BCUT2D eigenvalue weighted by Gasteiger charge is 2.30. The van der Waals surface area contributed by atoms with Crippen LogP contribution in [-0.4, -0.2) is 69.6 Å². The summed E-state index contributed by atoms with van der Waals surface area (Å²) in [5.41, 5.74) is 11.6. The minimum Gasteiger partial charge on any atom is -0.504 e. The van der Waals surface area contributed by atoms with Gasteiger partial charge in [-0.25, -0.2) is 9.37 Å². The van der Waals surface area contributed by atoms with E-state index in [1.807, 2.05) is 29.8 Å². The van der Waals surface area contributed by atoms with Gasteiger partial charge in [-0.1, -0.05) is 24.3 Å². The van der Waals surface area contributed by atoms with Gasteiger partial charge in [0.05, 0.1) is 32.0 Å². The molecule has 3 aromatic carbocycles. The van der Waals surface area contributed by atoms with Crippen LogP contribution >= 0.6 is 0 Å². The van der Waals surface area contributed by atoms with Gasteiger partial charge in [-0.05, 0) is 61.1 Å². The van der Waals surface area contributed by atoms with Gasteiger partial charge >= 0.3 is 0 Å². The largest absolute Gasteiger partial charge is 0.504 e. The van der Waals surface area contributed by atoms with Gasteiger partial charge < -0.3 is 34.3 Å².